The first-order valence-electron chi connectivity index (χ1n) is 7.54. The molecule has 2 rings (SSSR count). The molecule has 20 heavy (non-hydrogen) atoms. The molecule has 0 radical (unpaired) electrons. The van der Waals surface area contributed by atoms with Gasteiger partial charge in [0.1, 0.15) is 6.04 Å². The number of hydrogen-bond acceptors (Lipinski definition) is 2. The van der Waals surface area contributed by atoms with Gasteiger partial charge in [-0.1, -0.05) is 64.4 Å². The molecule has 1 saturated heterocycles. The van der Waals surface area contributed by atoms with Crippen LogP contribution in [-0.4, -0.2) is 23.5 Å². The number of amides is 1. The van der Waals surface area contributed by atoms with Crippen LogP contribution in [0.5, 0.6) is 0 Å². The largest absolute Gasteiger partial charge is 0.325 e. The Labute approximate surface area is 122 Å². The quantitative estimate of drug-likeness (QED) is 0.913. The number of carbonyl (C=O) groups excluding carboxylic acids is 1. The van der Waals surface area contributed by atoms with Crippen molar-refractivity contribution in [2.75, 3.05) is 6.54 Å². The average molecular weight is 274 g/mol. The SMILES string of the molecule is CCCC1NC(c2ccccc2)C(=O)N1CC(C)(C)C. The minimum absolute atomic E-state index is 0.120. The van der Waals surface area contributed by atoms with Gasteiger partial charge < -0.3 is 4.90 Å². The predicted molar refractivity (Wildman–Crippen MR) is 82.2 cm³/mol. The summed E-state index contributed by atoms with van der Waals surface area (Å²) in [7, 11) is 0. The molecule has 1 amide bonds. The number of nitrogens with one attached hydrogen (secondary N) is 1. The second kappa shape index (κ2) is 5.96. The second-order valence-electron chi connectivity index (χ2n) is 6.84. The van der Waals surface area contributed by atoms with E-state index in [1.807, 2.05) is 35.2 Å². The van der Waals surface area contributed by atoms with Crippen LogP contribution in [0.15, 0.2) is 30.3 Å². The Morgan fingerprint density at radius 3 is 2.40 bits per heavy atom. The molecule has 1 aliphatic heterocycles. The fraction of sp³-hybridized carbons (Fsp3) is 0.588. The first-order chi connectivity index (χ1) is 9.42. The zero-order valence-electron chi connectivity index (χ0n) is 13.0. The summed E-state index contributed by atoms with van der Waals surface area (Å²) >= 11 is 0. The fourth-order valence-corrected chi connectivity index (χ4v) is 2.77. The van der Waals surface area contributed by atoms with Gasteiger partial charge in [-0.3, -0.25) is 10.1 Å². The molecule has 0 spiro atoms. The monoisotopic (exact) mass is 274 g/mol. The smallest absolute Gasteiger partial charge is 0.245 e. The third-order valence-corrected chi connectivity index (χ3v) is 3.61. The van der Waals surface area contributed by atoms with Crippen LogP contribution < -0.4 is 5.32 Å². The van der Waals surface area contributed by atoms with E-state index in [4.69, 9.17) is 0 Å². The predicted octanol–water partition coefficient (Wildman–Crippen LogP) is 3.33. The third kappa shape index (κ3) is 3.40. The van der Waals surface area contributed by atoms with E-state index in [-0.39, 0.29) is 23.5 Å². The minimum atomic E-state index is -0.185. The van der Waals surface area contributed by atoms with Gasteiger partial charge in [-0.2, -0.15) is 0 Å². The van der Waals surface area contributed by atoms with Crippen LogP contribution in [-0.2, 0) is 4.79 Å². The van der Waals surface area contributed by atoms with Crippen molar-refractivity contribution < 1.29 is 4.79 Å². The summed E-state index contributed by atoms with van der Waals surface area (Å²) in [6.07, 6.45) is 2.25. The Bertz CT molecular complexity index is 450. The Kier molecular flexibility index (Phi) is 4.48. The number of benzene rings is 1. The lowest BCUT2D eigenvalue weighted by Gasteiger charge is -2.30. The van der Waals surface area contributed by atoms with Gasteiger partial charge in [-0.15, -0.1) is 0 Å². The number of carbonyl (C=O) groups is 1. The highest BCUT2D eigenvalue weighted by Crippen LogP contribution is 2.29. The van der Waals surface area contributed by atoms with Gasteiger partial charge in [-0.25, -0.2) is 0 Å². The van der Waals surface area contributed by atoms with Crippen LogP contribution in [0.4, 0.5) is 0 Å². The maximum absolute atomic E-state index is 12.7. The summed E-state index contributed by atoms with van der Waals surface area (Å²) in [5.74, 6) is 0.213. The van der Waals surface area contributed by atoms with Crippen molar-refractivity contribution in [3.05, 3.63) is 35.9 Å². The van der Waals surface area contributed by atoms with Gasteiger partial charge >= 0.3 is 0 Å². The summed E-state index contributed by atoms with van der Waals surface area (Å²) < 4.78 is 0. The van der Waals surface area contributed by atoms with Gasteiger partial charge in [0, 0.05) is 6.54 Å². The highest BCUT2D eigenvalue weighted by atomic mass is 16.2. The van der Waals surface area contributed by atoms with Crippen LogP contribution in [0.1, 0.15) is 52.1 Å². The van der Waals surface area contributed by atoms with E-state index in [2.05, 4.69) is 33.0 Å². The molecule has 3 nitrogen and oxygen atoms in total. The molecule has 1 aromatic rings. The van der Waals surface area contributed by atoms with Crippen LogP contribution in [0.2, 0.25) is 0 Å². The minimum Gasteiger partial charge on any atom is -0.325 e. The Balaban J connectivity index is 2.20. The first-order valence-corrected chi connectivity index (χ1v) is 7.54. The molecule has 0 saturated carbocycles. The first kappa shape index (κ1) is 15.0. The van der Waals surface area contributed by atoms with Gasteiger partial charge in [0.05, 0.1) is 6.17 Å². The van der Waals surface area contributed by atoms with E-state index in [9.17, 15) is 4.79 Å². The molecule has 110 valence electrons. The standard InChI is InChI=1S/C17H26N2O/c1-5-9-14-18-15(13-10-7-6-8-11-13)16(20)19(14)12-17(2,3)4/h6-8,10-11,14-15,18H,5,9,12H2,1-4H3. The molecule has 2 atom stereocenters. The van der Waals surface area contributed by atoms with Gasteiger partial charge in [0.2, 0.25) is 5.91 Å². The van der Waals surface area contributed by atoms with Crippen molar-refractivity contribution in [1.29, 1.82) is 0 Å². The third-order valence-electron chi connectivity index (χ3n) is 3.61. The molecule has 1 aromatic carbocycles. The molecule has 1 aliphatic rings. The van der Waals surface area contributed by atoms with Crippen LogP contribution >= 0.6 is 0 Å². The molecule has 0 bridgehead atoms. The highest BCUT2D eigenvalue weighted by molar-refractivity contribution is 5.85. The van der Waals surface area contributed by atoms with Gasteiger partial charge in [0.15, 0.2) is 0 Å². The van der Waals surface area contributed by atoms with Crippen LogP contribution in [0, 0.1) is 5.41 Å². The van der Waals surface area contributed by atoms with Crippen molar-refractivity contribution in [2.24, 2.45) is 5.41 Å². The molecular formula is C17H26N2O. The fourth-order valence-electron chi connectivity index (χ4n) is 2.77. The van der Waals surface area contributed by atoms with Crippen molar-refractivity contribution >= 4 is 5.91 Å². The normalized spacial score (nSPS) is 23.4. The second-order valence-corrected chi connectivity index (χ2v) is 6.84. The maximum Gasteiger partial charge on any atom is 0.245 e. The van der Waals surface area contributed by atoms with Gasteiger partial charge in [0.25, 0.3) is 0 Å². The molecule has 1 heterocycles. The molecule has 3 heteroatoms. The summed E-state index contributed by atoms with van der Waals surface area (Å²) in [4.78, 5) is 14.8. The summed E-state index contributed by atoms with van der Waals surface area (Å²) in [6, 6.07) is 9.84. The van der Waals surface area contributed by atoms with Crippen LogP contribution in [0.25, 0.3) is 0 Å². The lowest BCUT2D eigenvalue weighted by atomic mass is 9.95. The van der Waals surface area contributed by atoms with Gasteiger partial charge in [-0.05, 0) is 17.4 Å². The molecular weight excluding hydrogens is 248 g/mol. The van der Waals surface area contributed by atoms with E-state index < -0.39 is 0 Å². The Hall–Kier alpha value is -1.35. The van der Waals surface area contributed by atoms with Crippen molar-refractivity contribution in [2.45, 2.75) is 52.7 Å². The highest BCUT2D eigenvalue weighted by Gasteiger charge is 2.40. The molecule has 0 aliphatic carbocycles. The van der Waals surface area contributed by atoms with E-state index in [0.717, 1.165) is 24.9 Å². The lowest BCUT2D eigenvalue weighted by Crippen LogP contribution is -2.42. The summed E-state index contributed by atoms with van der Waals surface area (Å²) in [6.45, 7) is 9.50. The number of hydrogen-bond donors (Lipinski definition) is 1. The molecule has 1 fully saturated rings. The molecule has 0 aromatic heterocycles. The average Bonchev–Trinajstić information content (AvgIpc) is 2.68. The lowest BCUT2D eigenvalue weighted by molar-refractivity contribution is -0.131. The van der Waals surface area contributed by atoms with E-state index in [0.29, 0.717) is 0 Å². The number of nitrogens with zero attached hydrogens (tertiary/aromatic N) is 1. The zero-order valence-corrected chi connectivity index (χ0v) is 13.0. The Morgan fingerprint density at radius 2 is 1.85 bits per heavy atom. The molecule has 2 unspecified atom stereocenters. The van der Waals surface area contributed by atoms with E-state index in [1.165, 1.54) is 0 Å². The summed E-state index contributed by atoms with van der Waals surface area (Å²) in [5.41, 5.74) is 1.18. The van der Waals surface area contributed by atoms with Crippen LogP contribution in [0.3, 0.4) is 0 Å². The maximum atomic E-state index is 12.7. The van der Waals surface area contributed by atoms with E-state index in [1.54, 1.807) is 0 Å². The number of rotatable bonds is 4. The van der Waals surface area contributed by atoms with Crippen molar-refractivity contribution in [1.82, 2.24) is 10.2 Å². The zero-order chi connectivity index (χ0) is 14.8. The summed E-state index contributed by atoms with van der Waals surface area (Å²) in [5, 5.41) is 3.51. The van der Waals surface area contributed by atoms with Crippen molar-refractivity contribution in [3.63, 3.8) is 0 Å². The topological polar surface area (TPSA) is 32.3 Å². The molecule has 1 N–H and O–H groups in total. The van der Waals surface area contributed by atoms with Crippen molar-refractivity contribution in [3.8, 4) is 0 Å². The van der Waals surface area contributed by atoms with E-state index >= 15 is 0 Å². The Morgan fingerprint density at radius 1 is 1.20 bits per heavy atom.